The van der Waals surface area contributed by atoms with Gasteiger partial charge in [-0.2, -0.15) is 0 Å². The van der Waals surface area contributed by atoms with Gasteiger partial charge in [-0.05, 0) is 50.3 Å². The van der Waals surface area contributed by atoms with Gasteiger partial charge in [-0.3, -0.25) is 4.79 Å². The molecule has 1 aromatic carbocycles. The molecule has 1 aliphatic rings. The summed E-state index contributed by atoms with van der Waals surface area (Å²) in [4.78, 5) is 11.6. The minimum atomic E-state index is 0.0292. The van der Waals surface area contributed by atoms with Crippen LogP contribution >= 0.6 is 0 Å². The molecule has 110 valence electrons. The number of hydrogen-bond donors (Lipinski definition) is 2. The first-order valence-corrected chi connectivity index (χ1v) is 7.37. The molecule has 1 unspecified atom stereocenters. The maximum absolute atomic E-state index is 11.6. The number of benzene rings is 1. The average Bonchev–Trinajstić information content (AvgIpc) is 2.39. The van der Waals surface area contributed by atoms with E-state index in [0.717, 1.165) is 25.0 Å². The first-order valence-electron chi connectivity index (χ1n) is 7.37. The Morgan fingerprint density at radius 1 is 1.50 bits per heavy atom. The summed E-state index contributed by atoms with van der Waals surface area (Å²) in [5, 5.41) is 2.86. The van der Waals surface area contributed by atoms with Crippen LogP contribution in [0, 0.1) is 0 Å². The number of nitrogens with one attached hydrogen (secondary N) is 1. The van der Waals surface area contributed by atoms with Crippen molar-refractivity contribution in [1.29, 1.82) is 0 Å². The molecule has 1 aliphatic carbocycles. The third-order valence-corrected chi connectivity index (χ3v) is 3.55. The number of fused-ring (bicyclic) bond motifs is 1. The molecule has 0 fully saturated rings. The van der Waals surface area contributed by atoms with E-state index < -0.39 is 0 Å². The van der Waals surface area contributed by atoms with Crippen LogP contribution in [0.2, 0.25) is 0 Å². The Morgan fingerprint density at radius 3 is 3.05 bits per heavy atom. The monoisotopic (exact) mass is 276 g/mol. The lowest BCUT2D eigenvalue weighted by Crippen LogP contribution is -2.31. The third-order valence-electron chi connectivity index (χ3n) is 3.55. The number of amides is 1. The first-order chi connectivity index (χ1) is 9.58. The van der Waals surface area contributed by atoms with Gasteiger partial charge in [0.05, 0.1) is 13.0 Å². The molecule has 0 aromatic heterocycles. The number of rotatable bonds is 5. The molecule has 20 heavy (non-hydrogen) atoms. The predicted molar refractivity (Wildman–Crippen MR) is 79.7 cm³/mol. The molecule has 3 N–H and O–H groups in total. The number of nitrogens with two attached hydrogens (primary N) is 1. The van der Waals surface area contributed by atoms with Gasteiger partial charge in [0.15, 0.2) is 0 Å². The minimum Gasteiger partial charge on any atom is -0.493 e. The molecule has 1 amide bonds. The molecule has 0 bridgehead atoms. The molecule has 0 saturated heterocycles. The zero-order chi connectivity index (χ0) is 14.5. The van der Waals surface area contributed by atoms with E-state index >= 15 is 0 Å². The van der Waals surface area contributed by atoms with Crippen molar-refractivity contribution in [2.75, 3.05) is 6.61 Å². The van der Waals surface area contributed by atoms with Crippen LogP contribution in [0.5, 0.6) is 5.75 Å². The first kappa shape index (κ1) is 14.9. The molecule has 4 heteroatoms. The summed E-state index contributed by atoms with van der Waals surface area (Å²) < 4.78 is 5.79. The Balaban J connectivity index is 1.94. The SMILES string of the molecule is CC(C)NC(=O)CCOc1cccc2c1CCCC2N. The Bertz CT molecular complexity index is 472. The van der Waals surface area contributed by atoms with Gasteiger partial charge in [-0.25, -0.2) is 0 Å². The van der Waals surface area contributed by atoms with Crippen LogP contribution in [0.3, 0.4) is 0 Å². The Hall–Kier alpha value is -1.55. The van der Waals surface area contributed by atoms with E-state index in [-0.39, 0.29) is 18.0 Å². The second-order valence-corrected chi connectivity index (χ2v) is 5.64. The topological polar surface area (TPSA) is 64.3 Å². The Morgan fingerprint density at radius 2 is 2.30 bits per heavy atom. The second kappa shape index (κ2) is 6.75. The standard InChI is InChI=1S/C16H24N2O2/c1-11(2)18-16(19)9-10-20-15-8-4-5-12-13(15)6-3-7-14(12)17/h4-5,8,11,14H,3,6-7,9-10,17H2,1-2H3,(H,18,19). The van der Waals surface area contributed by atoms with Crippen LogP contribution in [-0.4, -0.2) is 18.6 Å². The fourth-order valence-electron chi connectivity index (χ4n) is 2.63. The zero-order valence-corrected chi connectivity index (χ0v) is 12.3. The van der Waals surface area contributed by atoms with Gasteiger partial charge < -0.3 is 15.8 Å². The molecular weight excluding hydrogens is 252 g/mol. The van der Waals surface area contributed by atoms with Crippen LogP contribution in [0.1, 0.15) is 50.3 Å². The molecule has 0 saturated carbocycles. The van der Waals surface area contributed by atoms with Crippen molar-refractivity contribution < 1.29 is 9.53 Å². The quantitative estimate of drug-likeness (QED) is 0.867. The number of ether oxygens (including phenoxy) is 1. The highest BCUT2D eigenvalue weighted by Gasteiger charge is 2.19. The van der Waals surface area contributed by atoms with E-state index in [0.29, 0.717) is 13.0 Å². The summed E-state index contributed by atoms with van der Waals surface area (Å²) in [6, 6.07) is 6.32. The third kappa shape index (κ3) is 3.73. The lowest BCUT2D eigenvalue weighted by atomic mass is 9.87. The van der Waals surface area contributed by atoms with Gasteiger partial charge >= 0.3 is 0 Å². The minimum absolute atomic E-state index is 0.0292. The lowest BCUT2D eigenvalue weighted by molar-refractivity contribution is -0.122. The normalized spacial score (nSPS) is 17.7. The van der Waals surface area contributed by atoms with E-state index in [4.69, 9.17) is 10.5 Å². The highest BCUT2D eigenvalue weighted by molar-refractivity contribution is 5.76. The van der Waals surface area contributed by atoms with Crippen molar-refractivity contribution >= 4 is 5.91 Å². The Kier molecular flexibility index (Phi) is 5.01. The predicted octanol–water partition coefficient (Wildman–Crippen LogP) is 2.32. The molecule has 1 aromatic rings. The van der Waals surface area contributed by atoms with Crippen molar-refractivity contribution in [1.82, 2.24) is 5.32 Å². The summed E-state index contributed by atoms with van der Waals surface area (Å²) in [5.41, 5.74) is 8.54. The molecule has 0 radical (unpaired) electrons. The molecular formula is C16H24N2O2. The molecule has 0 spiro atoms. The van der Waals surface area contributed by atoms with Gasteiger partial charge in [0.25, 0.3) is 0 Å². The summed E-state index contributed by atoms with van der Waals surface area (Å²) in [6.07, 6.45) is 3.53. The summed E-state index contributed by atoms with van der Waals surface area (Å²) in [7, 11) is 0. The number of carbonyl (C=O) groups is 1. The van der Waals surface area contributed by atoms with Gasteiger partial charge in [-0.15, -0.1) is 0 Å². The van der Waals surface area contributed by atoms with Crippen molar-refractivity contribution in [2.45, 2.75) is 51.6 Å². The highest BCUT2D eigenvalue weighted by Crippen LogP contribution is 2.33. The maximum Gasteiger partial charge on any atom is 0.223 e. The molecule has 0 heterocycles. The van der Waals surface area contributed by atoms with Gasteiger partial charge in [0.2, 0.25) is 5.91 Å². The van der Waals surface area contributed by atoms with Gasteiger partial charge in [0.1, 0.15) is 5.75 Å². The van der Waals surface area contributed by atoms with Crippen LogP contribution < -0.4 is 15.8 Å². The fourth-order valence-corrected chi connectivity index (χ4v) is 2.63. The molecule has 1 atom stereocenters. The zero-order valence-electron chi connectivity index (χ0n) is 12.3. The maximum atomic E-state index is 11.6. The van der Waals surface area contributed by atoms with E-state index in [2.05, 4.69) is 11.4 Å². The second-order valence-electron chi connectivity index (χ2n) is 5.64. The van der Waals surface area contributed by atoms with Crippen molar-refractivity contribution in [3.05, 3.63) is 29.3 Å². The van der Waals surface area contributed by atoms with E-state index in [1.165, 1.54) is 11.1 Å². The van der Waals surface area contributed by atoms with Gasteiger partial charge in [0, 0.05) is 12.1 Å². The van der Waals surface area contributed by atoms with E-state index in [1.54, 1.807) is 0 Å². The van der Waals surface area contributed by atoms with Crippen LogP contribution in [-0.2, 0) is 11.2 Å². The fraction of sp³-hybridized carbons (Fsp3) is 0.562. The molecule has 0 aliphatic heterocycles. The van der Waals surface area contributed by atoms with Crippen LogP contribution in [0.4, 0.5) is 0 Å². The average molecular weight is 276 g/mol. The Labute approximate surface area is 120 Å². The molecule has 2 rings (SSSR count). The molecule has 4 nitrogen and oxygen atoms in total. The summed E-state index contributed by atoms with van der Waals surface area (Å²) in [5.74, 6) is 0.913. The smallest absolute Gasteiger partial charge is 0.223 e. The number of hydrogen-bond acceptors (Lipinski definition) is 3. The van der Waals surface area contributed by atoms with Crippen molar-refractivity contribution in [3.63, 3.8) is 0 Å². The summed E-state index contributed by atoms with van der Waals surface area (Å²) >= 11 is 0. The number of carbonyl (C=O) groups excluding carboxylic acids is 1. The van der Waals surface area contributed by atoms with Gasteiger partial charge in [-0.1, -0.05) is 12.1 Å². The van der Waals surface area contributed by atoms with Crippen molar-refractivity contribution in [3.8, 4) is 5.75 Å². The van der Waals surface area contributed by atoms with Crippen LogP contribution in [0.25, 0.3) is 0 Å². The van der Waals surface area contributed by atoms with Crippen LogP contribution in [0.15, 0.2) is 18.2 Å². The largest absolute Gasteiger partial charge is 0.493 e. The highest BCUT2D eigenvalue weighted by atomic mass is 16.5. The van der Waals surface area contributed by atoms with E-state index in [1.807, 2.05) is 26.0 Å². The summed E-state index contributed by atoms with van der Waals surface area (Å²) in [6.45, 7) is 4.31. The van der Waals surface area contributed by atoms with E-state index in [9.17, 15) is 4.79 Å². The van der Waals surface area contributed by atoms with Crippen molar-refractivity contribution in [2.24, 2.45) is 5.73 Å². The lowest BCUT2D eigenvalue weighted by Gasteiger charge is -2.24.